The van der Waals surface area contributed by atoms with E-state index >= 15 is 0 Å². The number of methoxy groups -OCH3 is 1. The average molecular weight is 246 g/mol. The molecular weight excluding hydrogens is 232 g/mol. The van der Waals surface area contributed by atoms with E-state index < -0.39 is 10.8 Å². The maximum atomic E-state index is 12.3. The molecule has 1 atom stereocenters. The van der Waals surface area contributed by atoms with Gasteiger partial charge in [0.2, 0.25) is 0 Å². The zero-order valence-corrected chi connectivity index (χ0v) is 10.4. The zero-order valence-electron chi connectivity index (χ0n) is 9.58. The van der Waals surface area contributed by atoms with Gasteiger partial charge in [0.05, 0.1) is 23.2 Å². The third-order valence-corrected chi connectivity index (χ3v) is 4.02. The largest absolute Gasteiger partial charge is 0.497 e. The van der Waals surface area contributed by atoms with Gasteiger partial charge in [0.15, 0.2) is 0 Å². The maximum Gasteiger partial charge on any atom is 0.118 e. The molecule has 1 aliphatic rings. The molecule has 0 bridgehead atoms. The highest BCUT2D eigenvalue weighted by molar-refractivity contribution is 7.86. The first-order valence-corrected chi connectivity index (χ1v) is 6.59. The van der Waals surface area contributed by atoms with E-state index in [1.54, 1.807) is 7.11 Å². The summed E-state index contributed by atoms with van der Waals surface area (Å²) >= 11 is 0. The highest BCUT2D eigenvalue weighted by Gasteiger charge is 2.12. The van der Waals surface area contributed by atoms with E-state index in [1.165, 1.54) is 0 Å². The van der Waals surface area contributed by atoms with Gasteiger partial charge in [-0.2, -0.15) is 0 Å². The van der Waals surface area contributed by atoms with E-state index in [4.69, 9.17) is 4.74 Å². The summed E-state index contributed by atoms with van der Waals surface area (Å²) in [6.07, 6.45) is 11.6. The number of hydrogen-bond donors (Lipinski definition) is 0. The van der Waals surface area contributed by atoms with Crippen molar-refractivity contribution >= 4 is 10.8 Å². The Morgan fingerprint density at radius 3 is 2.12 bits per heavy atom. The molecule has 17 heavy (non-hydrogen) atoms. The van der Waals surface area contributed by atoms with Gasteiger partial charge < -0.3 is 4.74 Å². The lowest BCUT2D eigenvalue weighted by atomic mass is 10.3. The molecule has 0 unspecified atom stereocenters. The first-order chi connectivity index (χ1) is 8.31. The van der Waals surface area contributed by atoms with E-state index in [9.17, 15) is 4.21 Å². The van der Waals surface area contributed by atoms with Crippen molar-refractivity contribution in [1.29, 1.82) is 0 Å². The van der Waals surface area contributed by atoms with Crippen molar-refractivity contribution in [3.05, 3.63) is 60.7 Å². The lowest BCUT2D eigenvalue weighted by Crippen LogP contribution is -2.09. The third-order valence-electron chi connectivity index (χ3n) is 2.47. The second kappa shape index (κ2) is 5.64. The Morgan fingerprint density at radius 1 is 1.00 bits per heavy atom. The second-order valence-electron chi connectivity index (χ2n) is 3.59. The predicted octanol–water partition coefficient (Wildman–Crippen LogP) is 2.85. The van der Waals surface area contributed by atoms with Crippen LogP contribution in [0.2, 0.25) is 0 Å². The Kier molecular flexibility index (Phi) is 3.94. The van der Waals surface area contributed by atoms with E-state index in [-0.39, 0.29) is 5.25 Å². The minimum absolute atomic E-state index is 0.0709. The average Bonchev–Trinajstić information content (AvgIpc) is 2.67. The standard InChI is InChI=1S/C14H14O2S/c1-16-12-8-10-14(11-9-12)17(15)13-6-4-2-3-5-7-13/h2-11,13H,1H3/t17-/m1/s1. The highest BCUT2D eigenvalue weighted by atomic mass is 32.2. The van der Waals surface area contributed by atoms with Crippen LogP contribution in [-0.4, -0.2) is 16.6 Å². The molecule has 1 aromatic carbocycles. The van der Waals surface area contributed by atoms with E-state index in [0.29, 0.717) is 0 Å². The van der Waals surface area contributed by atoms with Crippen LogP contribution >= 0.6 is 0 Å². The number of benzene rings is 1. The third kappa shape index (κ3) is 2.94. The lowest BCUT2D eigenvalue weighted by molar-refractivity contribution is 0.414. The van der Waals surface area contributed by atoms with Gasteiger partial charge in [0, 0.05) is 4.90 Å². The summed E-state index contributed by atoms with van der Waals surface area (Å²) in [4.78, 5) is 0.812. The normalized spacial score (nSPS) is 16.8. The Labute approximate surface area is 104 Å². The molecule has 2 rings (SSSR count). The summed E-state index contributed by atoms with van der Waals surface area (Å²) in [6, 6.07) is 7.34. The smallest absolute Gasteiger partial charge is 0.118 e. The fourth-order valence-electron chi connectivity index (χ4n) is 1.55. The molecule has 1 aromatic rings. The quantitative estimate of drug-likeness (QED) is 0.819. The van der Waals surface area contributed by atoms with E-state index in [0.717, 1.165) is 10.6 Å². The van der Waals surface area contributed by atoms with Crippen LogP contribution in [0.15, 0.2) is 65.6 Å². The Hall–Kier alpha value is -1.61. The number of ether oxygens (including phenoxy) is 1. The molecule has 0 radical (unpaired) electrons. The van der Waals surface area contributed by atoms with Gasteiger partial charge in [-0.25, -0.2) is 0 Å². The molecule has 0 amide bonds. The summed E-state index contributed by atoms with van der Waals surface area (Å²) in [6.45, 7) is 0. The van der Waals surface area contributed by atoms with Gasteiger partial charge in [0.1, 0.15) is 5.75 Å². The van der Waals surface area contributed by atoms with Gasteiger partial charge >= 0.3 is 0 Å². The SMILES string of the molecule is COc1ccc([S@](=O)C2C=CC=CC=C2)cc1. The Balaban J connectivity index is 2.18. The fraction of sp³-hybridized carbons (Fsp3) is 0.143. The number of hydrogen-bond acceptors (Lipinski definition) is 2. The predicted molar refractivity (Wildman–Crippen MR) is 70.6 cm³/mol. The highest BCUT2D eigenvalue weighted by Crippen LogP contribution is 2.18. The van der Waals surface area contributed by atoms with Gasteiger partial charge in [-0.15, -0.1) is 0 Å². The number of allylic oxidation sites excluding steroid dienone is 4. The van der Waals surface area contributed by atoms with Crippen molar-refractivity contribution in [2.75, 3.05) is 7.11 Å². The molecule has 0 N–H and O–H groups in total. The molecule has 1 aliphatic carbocycles. The molecule has 0 heterocycles. The molecular formula is C14H14O2S. The van der Waals surface area contributed by atoms with Gasteiger partial charge in [-0.1, -0.05) is 36.5 Å². The minimum Gasteiger partial charge on any atom is -0.497 e. The van der Waals surface area contributed by atoms with Crippen LogP contribution in [0.25, 0.3) is 0 Å². The minimum atomic E-state index is -1.06. The first kappa shape index (κ1) is 11.9. The molecule has 0 aliphatic heterocycles. The van der Waals surface area contributed by atoms with Crippen molar-refractivity contribution < 1.29 is 8.95 Å². The van der Waals surface area contributed by atoms with Gasteiger partial charge in [-0.3, -0.25) is 4.21 Å². The van der Waals surface area contributed by atoms with Crippen LogP contribution in [0.4, 0.5) is 0 Å². The molecule has 88 valence electrons. The Bertz CT molecular complexity index is 467. The lowest BCUT2D eigenvalue weighted by Gasteiger charge is -2.08. The topological polar surface area (TPSA) is 26.3 Å². The summed E-state index contributed by atoms with van der Waals surface area (Å²) < 4.78 is 17.4. The first-order valence-electron chi connectivity index (χ1n) is 5.37. The zero-order chi connectivity index (χ0) is 12.1. The summed E-state index contributed by atoms with van der Waals surface area (Å²) in [5.41, 5.74) is 0. The van der Waals surface area contributed by atoms with Crippen molar-refractivity contribution in [1.82, 2.24) is 0 Å². The van der Waals surface area contributed by atoms with Gasteiger partial charge in [0.25, 0.3) is 0 Å². The maximum absolute atomic E-state index is 12.3. The summed E-state index contributed by atoms with van der Waals surface area (Å²) in [5.74, 6) is 0.777. The monoisotopic (exact) mass is 246 g/mol. The molecule has 0 aromatic heterocycles. The van der Waals surface area contributed by atoms with Gasteiger partial charge in [-0.05, 0) is 24.3 Å². The van der Waals surface area contributed by atoms with Crippen LogP contribution in [0, 0.1) is 0 Å². The molecule has 3 heteroatoms. The fourth-order valence-corrected chi connectivity index (χ4v) is 2.73. The summed E-state index contributed by atoms with van der Waals surface area (Å²) in [7, 11) is 0.559. The van der Waals surface area contributed by atoms with E-state index in [1.807, 2.05) is 60.7 Å². The molecule has 2 nitrogen and oxygen atoms in total. The van der Waals surface area contributed by atoms with Crippen molar-refractivity contribution in [2.24, 2.45) is 0 Å². The second-order valence-corrected chi connectivity index (χ2v) is 5.20. The molecule has 0 fully saturated rings. The summed E-state index contributed by atoms with van der Waals surface area (Å²) in [5, 5.41) is -0.0709. The van der Waals surface area contributed by atoms with E-state index in [2.05, 4.69) is 0 Å². The van der Waals surface area contributed by atoms with Crippen LogP contribution in [0.3, 0.4) is 0 Å². The molecule has 0 saturated carbocycles. The van der Waals surface area contributed by atoms with Crippen LogP contribution in [0.1, 0.15) is 0 Å². The number of rotatable bonds is 3. The Morgan fingerprint density at radius 2 is 1.59 bits per heavy atom. The van der Waals surface area contributed by atoms with Crippen molar-refractivity contribution in [3.8, 4) is 5.75 Å². The van der Waals surface area contributed by atoms with Crippen LogP contribution in [0.5, 0.6) is 5.75 Å². The molecule has 0 saturated heterocycles. The van der Waals surface area contributed by atoms with Crippen molar-refractivity contribution in [2.45, 2.75) is 10.1 Å². The van der Waals surface area contributed by atoms with Crippen molar-refractivity contribution in [3.63, 3.8) is 0 Å². The van der Waals surface area contributed by atoms with Crippen LogP contribution in [-0.2, 0) is 10.8 Å². The molecule has 0 spiro atoms. The van der Waals surface area contributed by atoms with Crippen LogP contribution < -0.4 is 4.74 Å².